The number of halogens is 1. The van der Waals surface area contributed by atoms with E-state index in [9.17, 15) is 0 Å². The van der Waals surface area contributed by atoms with Gasteiger partial charge in [-0.1, -0.05) is 20.8 Å². The molecule has 1 heterocycles. The van der Waals surface area contributed by atoms with E-state index >= 15 is 0 Å². The third-order valence-electron chi connectivity index (χ3n) is 2.38. The van der Waals surface area contributed by atoms with Gasteiger partial charge in [0.25, 0.3) is 0 Å². The summed E-state index contributed by atoms with van der Waals surface area (Å²) in [6.45, 7) is 9.00. The second-order valence-corrected chi connectivity index (χ2v) is 7.61. The van der Waals surface area contributed by atoms with Crippen molar-refractivity contribution >= 4 is 27.3 Å². The van der Waals surface area contributed by atoms with E-state index in [0.29, 0.717) is 11.5 Å². The van der Waals surface area contributed by atoms with Crippen molar-refractivity contribution < 1.29 is 0 Å². The fourth-order valence-corrected chi connectivity index (χ4v) is 3.29. The SMILES string of the molecule is CNC(CC(C)(C)C)c1cc(C)c(Br)s1. The highest BCUT2D eigenvalue weighted by Gasteiger charge is 2.20. The average Bonchev–Trinajstić information content (AvgIpc) is 2.41. The normalized spacial score (nSPS) is 14.3. The van der Waals surface area contributed by atoms with Gasteiger partial charge in [0.15, 0.2) is 0 Å². The maximum atomic E-state index is 3.58. The van der Waals surface area contributed by atoms with Crippen LogP contribution in [0.5, 0.6) is 0 Å². The second kappa shape index (κ2) is 4.98. The molecule has 0 bridgehead atoms. The van der Waals surface area contributed by atoms with Gasteiger partial charge < -0.3 is 5.32 Å². The number of hydrogen-bond donors (Lipinski definition) is 1. The molecule has 0 aromatic carbocycles. The van der Waals surface area contributed by atoms with Gasteiger partial charge in [0.1, 0.15) is 0 Å². The zero-order chi connectivity index (χ0) is 11.6. The van der Waals surface area contributed by atoms with Crippen molar-refractivity contribution in [2.45, 2.75) is 40.2 Å². The fraction of sp³-hybridized carbons (Fsp3) is 0.667. The monoisotopic (exact) mass is 289 g/mol. The lowest BCUT2D eigenvalue weighted by Gasteiger charge is -2.24. The van der Waals surface area contributed by atoms with Crippen LogP contribution in [-0.4, -0.2) is 7.05 Å². The highest BCUT2D eigenvalue weighted by Crippen LogP contribution is 2.36. The van der Waals surface area contributed by atoms with Crippen molar-refractivity contribution in [1.29, 1.82) is 0 Å². The highest BCUT2D eigenvalue weighted by atomic mass is 79.9. The Morgan fingerprint density at radius 1 is 1.47 bits per heavy atom. The minimum atomic E-state index is 0.359. The summed E-state index contributed by atoms with van der Waals surface area (Å²) in [5, 5.41) is 3.41. The van der Waals surface area contributed by atoms with Crippen LogP contribution in [0.2, 0.25) is 0 Å². The zero-order valence-electron chi connectivity index (χ0n) is 10.1. The van der Waals surface area contributed by atoms with Crippen LogP contribution in [0.15, 0.2) is 9.85 Å². The molecule has 0 saturated heterocycles. The van der Waals surface area contributed by atoms with Gasteiger partial charge >= 0.3 is 0 Å². The van der Waals surface area contributed by atoms with Crippen molar-refractivity contribution in [3.8, 4) is 0 Å². The van der Waals surface area contributed by atoms with E-state index in [2.05, 4.69) is 55.0 Å². The van der Waals surface area contributed by atoms with Crippen LogP contribution in [-0.2, 0) is 0 Å². The number of thiophene rings is 1. The van der Waals surface area contributed by atoms with Crippen LogP contribution in [0.25, 0.3) is 0 Å². The first-order chi connectivity index (χ1) is 6.83. The lowest BCUT2D eigenvalue weighted by atomic mass is 9.87. The minimum absolute atomic E-state index is 0.359. The quantitative estimate of drug-likeness (QED) is 0.863. The van der Waals surface area contributed by atoms with Crippen LogP contribution in [0.1, 0.15) is 43.7 Å². The Kier molecular flexibility index (Phi) is 4.38. The predicted molar refractivity (Wildman–Crippen MR) is 72.6 cm³/mol. The number of rotatable bonds is 3. The van der Waals surface area contributed by atoms with Crippen molar-refractivity contribution in [3.63, 3.8) is 0 Å². The van der Waals surface area contributed by atoms with Gasteiger partial charge in [0.2, 0.25) is 0 Å². The number of hydrogen-bond acceptors (Lipinski definition) is 2. The first kappa shape index (κ1) is 13.2. The molecule has 0 spiro atoms. The van der Waals surface area contributed by atoms with Gasteiger partial charge in [-0.25, -0.2) is 0 Å². The molecular formula is C12H20BrNS. The number of aryl methyl sites for hydroxylation is 1. The predicted octanol–water partition coefficient (Wildman–Crippen LogP) is 4.52. The Morgan fingerprint density at radius 2 is 2.07 bits per heavy atom. The minimum Gasteiger partial charge on any atom is -0.312 e. The maximum Gasteiger partial charge on any atom is 0.0731 e. The Bertz CT molecular complexity index is 305. The standard InChI is InChI=1S/C12H20BrNS/c1-8-6-10(15-11(8)13)9(14-5)7-12(2,3)4/h6,9,14H,7H2,1-5H3. The molecule has 0 radical (unpaired) electrons. The van der Waals surface area contributed by atoms with Gasteiger partial charge in [-0.05, 0) is 53.4 Å². The molecule has 3 heteroatoms. The Morgan fingerprint density at radius 3 is 2.40 bits per heavy atom. The van der Waals surface area contributed by atoms with Gasteiger partial charge in [-0.2, -0.15) is 0 Å². The molecule has 1 rings (SSSR count). The van der Waals surface area contributed by atoms with E-state index in [1.807, 2.05) is 18.4 Å². The van der Waals surface area contributed by atoms with E-state index in [0.717, 1.165) is 6.42 Å². The fourth-order valence-electron chi connectivity index (χ4n) is 1.61. The molecule has 0 aliphatic carbocycles. The second-order valence-electron chi connectivity index (χ2n) is 5.21. The Hall–Kier alpha value is 0.140. The molecule has 1 aromatic rings. The molecule has 15 heavy (non-hydrogen) atoms. The van der Waals surface area contributed by atoms with Crippen molar-refractivity contribution in [2.75, 3.05) is 7.05 Å². The largest absolute Gasteiger partial charge is 0.312 e. The highest BCUT2D eigenvalue weighted by molar-refractivity contribution is 9.11. The third-order valence-corrected chi connectivity index (χ3v) is 4.63. The molecule has 0 aliphatic rings. The summed E-state index contributed by atoms with van der Waals surface area (Å²) in [6.07, 6.45) is 1.16. The summed E-state index contributed by atoms with van der Waals surface area (Å²) < 4.78 is 1.26. The smallest absolute Gasteiger partial charge is 0.0731 e. The van der Waals surface area contributed by atoms with Gasteiger partial charge in [0, 0.05) is 10.9 Å². The lowest BCUT2D eigenvalue weighted by molar-refractivity contribution is 0.323. The molecule has 0 saturated carbocycles. The van der Waals surface area contributed by atoms with E-state index in [1.54, 1.807) is 0 Å². The first-order valence-electron chi connectivity index (χ1n) is 5.26. The molecule has 1 N–H and O–H groups in total. The molecule has 1 nitrogen and oxygen atoms in total. The van der Waals surface area contributed by atoms with Gasteiger partial charge in [-0.15, -0.1) is 11.3 Å². The van der Waals surface area contributed by atoms with Crippen LogP contribution in [0.3, 0.4) is 0 Å². The molecule has 86 valence electrons. The van der Waals surface area contributed by atoms with Crippen molar-refractivity contribution in [3.05, 3.63) is 20.3 Å². The van der Waals surface area contributed by atoms with Crippen LogP contribution in [0.4, 0.5) is 0 Å². The van der Waals surface area contributed by atoms with E-state index in [1.165, 1.54) is 14.2 Å². The summed E-state index contributed by atoms with van der Waals surface area (Å²) in [7, 11) is 2.04. The maximum absolute atomic E-state index is 3.58. The van der Waals surface area contributed by atoms with E-state index in [-0.39, 0.29) is 0 Å². The summed E-state index contributed by atoms with van der Waals surface area (Å²) >= 11 is 5.43. The zero-order valence-corrected chi connectivity index (χ0v) is 12.6. The lowest BCUT2D eigenvalue weighted by Crippen LogP contribution is -2.21. The molecule has 1 aromatic heterocycles. The first-order valence-corrected chi connectivity index (χ1v) is 6.87. The van der Waals surface area contributed by atoms with Crippen LogP contribution in [0, 0.1) is 12.3 Å². The molecule has 0 amide bonds. The Balaban J connectivity index is 2.83. The average molecular weight is 290 g/mol. The topological polar surface area (TPSA) is 12.0 Å². The molecule has 1 atom stereocenters. The summed E-state index contributed by atoms with van der Waals surface area (Å²) in [5.74, 6) is 0. The third kappa shape index (κ3) is 3.89. The van der Waals surface area contributed by atoms with E-state index < -0.39 is 0 Å². The molecular weight excluding hydrogens is 270 g/mol. The summed E-state index contributed by atoms with van der Waals surface area (Å²) in [5.41, 5.74) is 1.70. The molecule has 0 aliphatic heterocycles. The van der Waals surface area contributed by atoms with Crippen LogP contribution < -0.4 is 5.32 Å². The molecule has 0 fully saturated rings. The van der Waals surface area contributed by atoms with Crippen LogP contribution >= 0.6 is 27.3 Å². The summed E-state index contributed by atoms with van der Waals surface area (Å²) in [4.78, 5) is 1.43. The number of nitrogens with one attached hydrogen (secondary N) is 1. The van der Waals surface area contributed by atoms with Crippen molar-refractivity contribution in [2.24, 2.45) is 5.41 Å². The Labute approximate surface area is 105 Å². The summed E-state index contributed by atoms with van der Waals surface area (Å²) in [6, 6.07) is 2.75. The molecule has 1 unspecified atom stereocenters. The van der Waals surface area contributed by atoms with E-state index in [4.69, 9.17) is 0 Å². The van der Waals surface area contributed by atoms with Gasteiger partial charge in [-0.3, -0.25) is 0 Å². The van der Waals surface area contributed by atoms with Gasteiger partial charge in [0.05, 0.1) is 3.79 Å². The van der Waals surface area contributed by atoms with Crippen molar-refractivity contribution in [1.82, 2.24) is 5.32 Å².